The fraction of sp³-hybridized carbons (Fsp3) is 0.269. The summed E-state index contributed by atoms with van der Waals surface area (Å²) >= 11 is 0. The van der Waals surface area contributed by atoms with Crippen LogP contribution in [0.2, 0.25) is 0 Å². The molecule has 6 nitrogen and oxygen atoms in total. The van der Waals surface area contributed by atoms with Crippen LogP contribution in [-0.2, 0) is 27.8 Å². The zero-order chi connectivity index (χ0) is 23.8. The number of sulfonamides is 1. The first-order chi connectivity index (χ1) is 15.8. The Morgan fingerprint density at radius 1 is 0.939 bits per heavy atom. The van der Waals surface area contributed by atoms with Gasteiger partial charge in [0.05, 0.1) is 11.5 Å². The fourth-order valence-corrected chi connectivity index (χ4v) is 4.70. The van der Waals surface area contributed by atoms with Gasteiger partial charge < -0.3 is 10.1 Å². The molecule has 0 saturated carbocycles. The summed E-state index contributed by atoms with van der Waals surface area (Å²) in [4.78, 5) is 13.1. The highest BCUT2D eigenvalue weighted by molar-refractivity contribution is 7.89. The first kappa shape index (κ1) is 24.5. The molecule has 0 saturated heterocycles. The van der Waals surface area contributed by atoms with Gasteiger partial charge in [0.15, 0.2) is 0 Å². The van der Waals surface area contributed by atoms with Gasteiger partial charge in [0.1, 0.15) is 11.8 Å². The molecule has 0 fully saturated rings. The molecule has 0 aliphatic rings. The molecule has 3 aromatic rings. The van der Waals surface area contributed by atoms with Gasteiger partial charge in [0.2, 0.25) is 15.9 Å². The van der Waals surface area contributed by atoms with Crippen LogP contribution >= 0.6 is 0 Å². The van der Waals surface area contributed by atoms with E-state index in [0.717, 1.165) is 16.7 Å². The van der Waals surface area contributed by atoms with Crippen molar-refractivity contribution >= 4 is 15.9 Å². The zero-order valence-electron chi connectivity index (χ0n) is 19.2. The molecule has 0 aliphatic heterocycles. The molecule has 0 spiro atoms. The third kappa shape index (κ3) is 6.91. The van der Waals surface area contributed by atoms with E-state index in [4.69, 9.17) is 4.74 Å². The average Bonchev–Trinajstić information content (AvgIpc) is 2.80. The molecule has 0 radical (unpaired) electrons. The SMILES string of the molecule is CCOc1ccc(S(=O)(=O)N[C@H](Cc2ccccc2)C(=O)NCc2ccc(C)cc2)cc1C. The molecule has 33 heavy (non-hydrogen) atoms. The Balaban J connectivity index is 1.80. The number of benzene rings is 3. The van der Waals surface area contributed by atoms with E-state index in [-0.39, 0.29) is 17.2 Å². The lowest BCUT2D eigenvalue weighted by molar-refractivity contribution is -0.122. The predicted molar refractivity (Wildman–Crippen MR) is 130 cm³/mol. The van der Waals surface area contributed by atoms with E-state index >= 15 is 0 Å². The summed E-state index contributed by atoms with van der Waals surface area (Å²) in [6.45, 7) is 6.46. The lowest BCUT2D eigenvalue weighted by Crippen LogP contribution is -2.47. The van der Waals surface area contributed by atoms with E-state index in [9.17, 15) is 13.2 Å². The second-order valence-corrected chi connectivity index (χ2v) is 9.64. The van der Waals surface area contributed by atoms with Crippen molar-refractivity contribution in [1.29, 1.82) is 0 Å². The normalized spacial score (nSPS) is 12.2. The lowest BCUT2D eigenvalue weighted by Gasteiger charge is -2.19. The van der Waals surface area contributed by atoms with Crippen LogP contribution in [0.25, 0.3) is 0 Å². The molecule has 174 valence electrons. The second-order valence-electron chi connectivity index (χ2n) is 7.93. The molecule has 0 heterocycles. The highest BCUT2D eigenvalue weighted by Gasteiger charge is 2.26. The van der Waals surface area contributed by atoms with Crippen LogP contribution in [0.1, 0.15) is 29.2 Å². The Morgan fingerprint density at radius 2 is 1.64 bits per heavy atom. The molecule has 1 atom stereocenters. The maximum absolute atomic E-state index is 13.1. The van der Waals surface area contributed by atoms with Gasteiger partial charge in [-0.2, -0.15) is 4.72 Å². The van der Waals surface area contributed by atoms with Crippen LogP contribution in [0.4, 0.5) is 0 Å². The van der Waals surface area contributed by atoms with Crippen LogP contribution in [0.15, 0.2) is 77.7 Å². The molecule has 3 rings (SSSR count). The summed E-state index contributed by atoms with van der Waals surface area (Å²) in [5.41, 5.74) is 3.64. The van der Waals surface area contributed by atoms with Gasteiger partial charge >= 0.3 is 0 Å². The van der Waals surface area contributed by atoms with Gasteiger partial charge in [-0.25, -0.2) is 8.42 Å². The molecular formula is C26H30N2O4S. The van der Waals surface area contributed by atoms with Crippen LogP contribution in [0.5, 0.6) is 5.75 Å². The van der Waals surface area contributed by atoms with Crippen LogP contribution < -0.4 is 14.8 Å². The lowest BCUT2D eigenvalue weighted by atomic mass is 10.1. The summed E-state index contributed by atoms with van der Waals surface area (Å²) in [6, 6.07) is 20.9. The van der Waals surface area contributed by atoms with E-state index in [1.807, 2.05) is 68.4 Å². The number of carbonyl (C=O) groups excluding carboxylic acids is 1. The minimum Gasteiger partial charge on any atom is -0.494 e. The Hall–Kier alpha value is -3.16. The van der Waals surface area contributed by atoms with Gasteiger partial charge in [-0.05, 0) is 62.1 Å². The van der Waals surface area contributed by atoms with Gasteiger partial charge in [-0.1, -0.05) is 60.2 Å². The molecule has 0 bridgehead atoms. The van der Waals surface area contributed by atoms with Crippen LogP contribution in [0, 0.1) is 13.8 Å². The minimum atomic E-state index is -3.93. The number of amides is 1. The van der Waals surface area contributed by atoms with Gasteiger partial charge in [0, 0.05) is 6.54 Å². The third-order valence-corrected chi connectivity index (χ3v) is 6.71. The van der Waals surface area contributed by atoms with Crippen LogP contribution in [-0.4, -0.2) is 27.0 Å². The highest BCUT2D eigenvalue weighted by atomic mass is 32.2. The zero-order valence-corrected chi connectivity index (χ0v) is 20.0. The number of carbonyl (C=O) groups is 1. The number of hydrogen-bond acceptors (Lipinski definition) is 4. The number of ether oxygens (including phenoxy) is 1. The number of aryl methyl sites for hydroxylation is 2. The molecule has 2 N–H and O–H groups in total. The molecular weight excluding hydrogens is 436 g/mol. The first-order valence-corrected chi connectivity index (χ1v) is 12.4. The van der Waals surface area contributed by atoms with Crippen molar-refractivity contribution in [3.05, 3.63) is 95.1 Å². The predicted octanol–water partition coefficient (Wildman–Crippen LogP) is 3.91. The Morgan fingerprint density at radius 3 is 2.27 bits per heavy atom. The van der Waals surface area contributed by atoms with Gasteiger partial charge in [-0.15, -0.1) is 0 Å². The van der Waals surface area contributed by atoms with Crippen molar-refractivity contribution in [1.82, 2.24) is 10.0 Å². The average molecular weight is 467 g/mol. The summed E-state index contributed by atoms with van der Waals surface area (Å²) < 4.78 is 34.4. The topological polar surface area (TPSA) is 84.5 Å². The molecule has 7 heteroatoms. The fourth-order valence-electron chi connectivity index (χ4n) is 3.42. The van der Waals surface area contributed by atoms with E-state index in [1.165, 1.54) is 6.07 Å². The first-order valence-electron chi connectivity index (χ1n) is 10.9. The maximum Gasteiger partial charge on any atom is 0.241 e. The number of hydrogen-bond donors (Lipinski definition) is 2. The Bertz CT molecular complexity index is 1180. The van der Waals surface area contributed by atoms with Crippen LogP contribution in [0.3, 0.4) is 0 Å². The number of rotatable bonds is 10. The van der Waals surface area contributed by atoms with Crippen molar-refractivity contribution < 1.29 is 17.9 Å². The monoisotopic (exact) mass is 466 g/mol. The van der Waals surface area contributed by atoms with Crippen molar-refractivity contribution in [2.45, 2.75) is 44.7 Å². The number of nitrogens with one attached hydrogen (secondary N) is 2. The maximum atomic E-state index is 13.1. The van der Waals surface area contributed by atoms with Crippen molar-refractivity contribution in [3.63, 3.8) is 0 Å². The van der Waals surface area contributed by atoms with Gasteiger partial charge in [-0.3, -0.25) is 4.79 Å². The van der Waals surface area contributed by atoms with Crippen molar-refractivity contribution in [3.8, 4) is 5.75 Å². The smallest absolute Gasteiger partial charge is 0.241 e. The summed E-state index contributed by atoms with van der Waals surface area (Å²) in [5, 5.41) is 2.86. The molecule has 0 aliphatic carbocycles. The summed E-state index contributed by atoms with van der Waals surface area (Å²) in [6.07, 6.45) is 0.232. The third-order valence-electron chi connectivity index (χ3n) is 5.24. The second kappa shape index (κ2) is 11.1. The molecule has 0 unspecified atom stereocenters. The van der Waals surface area contributed by atoms with Crippen molar-refractivity contribution in [2.75, 3.05) is 6.61 Å². The van der Waals surface area contributed by atoms with E-state index < -0.39 is 16.1 Å². The molecule has 1 amide bonds. The Kier molecular flexibility index (Phi) is 8.25. The Labute approximate surface area is 196 Å². The van der Waals surface area contributed by atoms with Crippen molar-refractivity contribution in [2.24, 2.45) is 0 Å². The van der Waals surface area contributed by atoms with Gasteiger partial charge in [0.25, 0.3) is 0 Å². The quantitative estimate of drug-likeness (QED) is 0.475. The molecule has 3 aromatic carbocycles. The summed E-state index contributed by atoms with van der Waals surface area (Å²) in [5.74, 6) is 0.249. The standard InChI is InChI=1S/C26H30N2O4S/c1-4-32-25-15-14-23(16-20(25)3)33(30,31)28-24(17-21-8-6-5-7-9-21)26(29)27-18-22-12-10-19(2)11-13-22/h5-16,24,28H,4,17-18H2,1-3H3,(H,27,29)/t24-/m1/s1. The minimum absolute atomic E-state index is 0.0906. The molecule has 0 aromatic heterocycles. The highest BCUT2D eigenvalue weighted by Crippen LogP contribution is 2.22. The van der Waals surface area contributed by atoms with E-state index in [0.29, 0.717) is 24.5 Å². The van der Waals surface area contributed by atoms with E-state index in [1.54, 1.807) is 19.1 Å². The largest absolute Gasteiger partial charge is 0.494 e. The van der Waals surface area contributed by atoms with E-state index in [2.05, 4.69) is 10.0 Å². The summed E-state index contributed by atoms with van der Waals surface area (Å²) in [7, 11) is -3.93.